The van der Waals surface area contributed by atoms with Gasteiger partial charge in [-0.1, -0.05) is 5.16 Å². The van der Waals surface area contributed by atoms with Crippen LogP contribution >= 0.6 is 0 Å². The molecule has 0 saturated carbocycles. The van der Waals surface area contributed by atoms with Gasteiger partial charge < -0.3 is 13.8 Å². The zero-order valence-electron chi connectivity index (χ0n) is 11.3. The summed E-state index contributed by atoms with van der Waals surface area (Å²) >= 11 is 0. The molecule has 7 heteroatoms. The fourth-order valence-corrected chi connectivity index (χ4v) is 2.27. The predicted octanol–water partition coefficient (Wildman–Crippen LogP) is 0.929. The fourth-order valence-electron chi connectivity index (χ4n) is 2.27. The molecule has 0 N–H and O–H groups in total. The number of carbonyl (C=O) groups excluding carboxylic acids is 1. The molecule has 0 spiro atoms. The molecule has 3 rings (SSSR count). The van der Waals surface area contributed by atoms with Crippen LogP contribution in [0.15, 0.2) is 27.5 Å². The van der Waals surface area contributed by atoms with E-state index in [4.69, 9.17) is 8.94 Å². The summed E-state index contributed by atoms with van der Waals surface area (Å²) in [7, 11) is 0. The van der Waals surface area contributed by atoms with E-state index in [-0.39, 0.29) is 5.91 Å². The Morgan fingerprint density at radius 2 is 2.15 bits per heavy atom. The van der Waals surface area contributed by atoms with Crippen molar-refractivity contribution < 1.29 is 13.7 Å². The summed E-state index contributed by atoms with van der Waals surface area (Å²) in [4.78, 5) is 20.4. The maximum atomic E-state index is 12.1. The number of nitrogens with zero attached hydrogens (tertiary/aromatic N) is 4. The summed E-state index contributed by atoms with van der Waals surface area (Å²) in [6.45, 7) is 5.41. The molecule has 2 aromatic rings. The lowest BCUT2D eigenvalue weighted by atomic mass is 10.2. The highest BCUT2D eigenvalue weighted by Crippen LogP contribution is 2.11. The van der Waals surface area contributed by atoms with E-state index in [9.17, 15) is 4.79 Å². The van der Waals surface area contributed by atoms with Crippen LogP contribution in [0.4, 0.5) is 0 Å². The molecule has 3 heterocycles. The minimum Gasteiger partial charge on any atom is -0.472 e. The Kier molecular flexibility index (Phi) is 3.51. The molecule has 0 unspecified atom stereocenters. The van der Waals surface area contributed by atoms with Crippen molar-refractivity contribution in [2.45, 2.75) is 13.5 Å². The SMILES string of the molecule is Cc1noc(CN2CCN(C(=O)c3ccoc3)CC2)n1. The largest absolute Gasteiger partial charge is 0.472 e. The molecule has 0 atom stereocenters. The molecule has 106 valence electrons. The third kappa shape index (κ3) is 2.72. The van der Waals surface area contributed by atoms with Gasteiger partial charge in [0.15, 0.2) is 5.82 Å². The van der Waals surface area contributed by atoms with Gasteiger partial charge in [-0.15, -0.1) is 0 Å². The van der Waals surface area contributed by atoms with Gasteiger partial charge >= 0.3 is 0 Å². The summed E-state index contributed by atoms with van der Waals surface area (Å²) < 4.78 is 10.0. The van der Waals surface area contributed by atoms with Crippen molar-refractivity contribution in [1.29, 1.82) is 0 Å². The molecule has 1 aliphatic heterocycles. The first-order valence-electron chi connectivity index (χ1n) is 6.55. The third-order valence-electron chi connectivity index (χ3n) is 3.36. The van der Waals surface area contributed by atoms with Gasteiger partial charge in [-0.25, -0.2) is 0 Å². The first kappa shape index (κ1) is 12.9. The molecular formula is C13H16N4O3. The van der Waals surface area contributed by atoms with E-state index in [1.54, 1.807) is 13.0 Å². The highest BCUT2D eigenvalue weighted by Gasteiger charge is 2.23. The van der Waals surface area contributed by atoms with Gasteiger partial charge in [0.25, 0.3) is 5.91 Å². The molecule has 2 aromatic heterocycles. The van der Waals surface area contributed by atoms with E-state index in [1.165, 1.54) is 12.5 Å². The summed E-state index contributed by atoms with van der Waals surface area (Å²) in [5, 5.41) is 3.77. The van der Waals surface area contributed by atoms with Gasteiger partial charge in [-0.2, -0.15) is 4.98 Å². The van der Waals surface area contributed by atoms with E-state index >= 15 is 0 Å². The molecule has 1 fully saturated rings. The minimum absolute atomic E-state index is 0.0204. The smallest absolute Gasteiger partial charge is 0.257 e. The number of carbonyl (C=O) groups is 1. The van der Waals surface area contributed by atoms with Gasteiger partial charge in [0.1, 0.15) is 6.26 Å². The highest BCUT2D eigenvalue weighted by atomic mass is 16.5. The molecule has 1 amide bonds. The van der Waals surface area contributed by atoms with Crippen LogP contribution in [-0.4, -0.2) is 52.0 Å². The van der Waals surface area contributed by atoms with Crippen molar-refractivity contribution in [2.24, 2.45) is 0 Å². The average molecular weight is 276 g/mol. The normalized spacial score (nSPS) is 16.6. The van der Waals surface area contributed by atoms with Crippen LogP contribution in [0.25, 0.3) is 0 Å². The molecule has 1 aliphatic rings. The number of rotatable bonds is 3. The van der Waals surface area contributed by atoms with Crippen molar-refractivity contribution in [3.05, 3.63) is 35.9 Å². The average Bonchev–Trinajstić information content (AvgIpc) is 3.11. The Bertz CT molecular complexity index is 570. The van der Waals surface area contributed by atoms with Crippen molar-refractivity contribution in [2.75, 3.05) is 26.2 Å². The first-order valence-corrected chi connectivity index (χ1v) is 6.55. The van der Waals surface area contributed by atoms with E-state index in [2.05, 4.69) is 15.0 Å². The highest BCUT2D eigenvalue weighted by molar-refractivity contribution is 5.93. The molecular weight excluding hydrogens is 260 g/mol. The van der Waals surface area contributed by atoms with Crippen LogP contribution in [0.2, 0.25) is 0 Å². The second kappa shape index (κ2) is 5.46. The lowest BCUT2D eigenvalue weighted by Gasteiger charge is -2.33. The van der Waals surface area contributed by atoms with Gasteiger partial charge in [0.2, 0.25) is 5.89 Å². The zero-order chi connectivity index (χ0) is 13.9. The number of hydrogen-bond donors (Lipinski definition) is 0. The summed E-state index contributed by atoms with van der Waals surface area (Å²) in [5.74, 6) is 1.29. The number of furan rings is 1. The van der Waals surface area contributed by atoms with Crippen LogP contribution in [0.5, 0.6) is 0 Å². The first-order chi connectivity index (χ1) is 9.72. The summed E-state index contributed by atoms with van der Waals surface area (Å²) in [6, 6.07) is 1.69. The lowest BCUT2D eigenvalue weighted by Crippen LogP contribution is -2.48. The third-order valence-corrected chi connectivity index (χ3v) is 3.36. The van der Waals surface area contributed by atoms with Gasteiger partial charge in [0, 0.05) is 26.2 Å². The Labute approximate surface area is 116 Å². The Hall–Kier alpha value is -2.15. The van der Waals surface area contributed by atoms with Crippen molar-refractivity contribution in [3.8, 4) is 0 Å². The standard InChI is InChI=1S/C13H16N4O3/c1-10-14-12(20-15-10)8-16-3-5-17(6-4-16)13(18)11-2-7-19-9-11/h2,7,9H,3-6,8H2,1H3. The fraction of sp³-hybridized carbons (Fsp3) is 0.462. The zero-order valence-corrected chi connectivity index (χ0v) is 11.3. The van der Waals surface area contributed by atoms with Crippen LogP contribution < -0.4 is 0 Å². The van der Waals surface area contributed by atoms with Gasteiger partial charge in [-0.3, -0.25) is 9.69 Å². The maximum absolute atomic E-state index is 12.1. The Morgan fingerprint density at radius 3 is 2.75 bits per heavy atom. The number of amides is 1. The minimum atomic E-state index is 0.0204. The number of aryl methyl sites for hydroxylation is 1. The van der Waals surface area contributed by atoms with E-state index < -0.39 is 0 Å². The van der Waals surface area contributed by atoms with E-state index in [0.717, 1.165) is 13.1 Å². The monoisotopic (exact) mass is 276 g/mol. The topological polar surface area (TPSA) is 75.6 Å². The van der Waals surface area contributed by atoms with Gasteiger partial charge in [-0.05, 0) is 13.0 Å². The number of aromatic nitrogens is 2. The molecule has 20 heavy (non-hydrogen) atoms. The van der Waals surface area contributed by atoms with Crippen molar-refractivity contribution in [3.63, 3.8) is 0 Å². The lowest BCUT2D eigenvalue weighted by molar-refractivity contribution is 0.0614. The summed E-state index contributed by atoms with van der Waals surface area (Å²) in [5.41, 5.74) is 0.603. The van der Waals surface area contributed by atoms with Crippen LogP contribution in [0.3, 0.4) is 0 Å². The Balaban J connectivity index is 1.53. The molecule has 7 nitrogen and oxygen atoms in total. The second-order valence-corrected chi connectivity index (χ2v) is 4.82. The van der Waals surface area contributed by atoms with Crippen molar-refractivity contribution >= 4 is 5.91 Å². The second-order valence-electron chi connectivity index (χ2n) is 4.82. The van der Waals surface area contributed by atoms with Crippen LogP contribution in [0, 0.1) is 6.92 Å². The summed E-state index contributed by atoms with van der Waals surface area (Å²) in [6.07, 6.45) is 3.00. The molecule has 1 saturated heterocycles. The van der Waals surface area contributed by atoms with Crippen LogP contribution in [-0.2, 0) is 6.54 Å². The Morgan fingerprint density at radius 1 is 1.35 bits per heavy atom. The molecule has 0 aromatic carbocycles. The molecule has 0 aliphatic carbocycles. The van der Waals surface area contributed by atoms with E-state index in [1.807, 2.05) is 4.90 Å². The van der Waals surface area contributed by atoms with E-state index in [0.29, 0.717) is 36.9 Å². The number of hydrogen-bond acceptors (Lipinski definition) is 6. The molecule has 0 bridgehead atoms. The van der Waals surface area contributed by atoms with Crippen LogP contribution in [0.1, 0.15) is 22.1 Å². The number of piperazine rings is 1. The van der Waals surface area contributed by atoms with Crippen molar-refractivity contribution in [1.82, 2.24) is 19.9 Å². The molecule has 0 radical (unpaired) electrons. The predicted molar refractivity (Wildman–Crippen MR) is 68.9 cm³/mol. The van der Waals surface area contributed by atoms with Gasteiger partial charge in [0.05, 0.1) is 18.4 Å². The quantitative estimate of drug-likeness (QED) is 0.830. The maximum Gasteiger partial charge on any atom is 0.257 e.